The summed E-state index contributed by atoms with van der Waals surface area (Å²) in [6, 6.07) is 3.62. The van der Waals surface area contributed by atoms with Crippen LogP contribution < -0.4 is 5.32 Å². The number of carboxylic acid groups (broad SMARTS) is 1. The average molecular weight is 306 g/mol. The molecular formula is C12H16ClNO4S. The van der Waals surface area contributed by atoms with Crippen LogP contribution in [0.5, 0.6) is 0 Å². The van der Waals surface area contributed by atoms with Gasteiger partial charge in [0.15, 0.2) is 5.54 Å². The van der Waals surface area contributed by atoms with Crippen LogP contribution >= 0.6 is 22.9 Å². The van der Waals surface area contributed by atoms with Gasteiger partial charge in [0.05, 0.1) is 10.9 Å². The van der Waals surface area contributed by atoms with Gasteiger partial charge < -0.3 is 15.2 Å². The molecule has 2 N–H and O–H groups in total. The molecular weight excluding hydrogens is 290 g/mol. The molecule has 0 saturated heterocycles. The van der Waals surface area contributed by atoms with Crippen molar-refractivity contribution in [3.63, 3.8) is 0 Å². The Morgan fingerprint density at radius 1 is 1.53 bits per heavy atom. The Kier molecular flexibility index (Phi) is 5.78. The summed E-state index contributed by atoms with van der Waals surface area (Å²) in [4.78, 5) is 23.9. The molecule has 106 valence electrons. The minimum absolute atomic E-state index is 0.0844. The minimum atomic E-state index is -1.40. The number of methoxy groups -OCH3 is 1. The number of thiophene rings is 1. The minimum Gasteiger partial charge on any atom is -0.479 e. The van der Waals surface area contributed by atoms with Gasteiger partial charge in [-0.2, -0.15) is 0 Å². The summed E-state index contributed by atoms with van der Waals surface area (Å²) in [6.45, 7) is 1.33. The maximum absolute atomic E-state index is 11.8. The van der Waals surface area contributed by atoms with Gasteiger partial charge in [0.1, 0.15) is 0 Å². The summed E-state index contributed by atoms with van der Waals surface area (Å²) in [5.74, 6) is -1.45. The van der Waals surface area contributed by atoms with Crippen molar-refractivity contribution in [3.05, 3.63) is 21.3 Å². The van der Waals surface area contributed by atoms with Gasteiger partial charge in [-0.3, -0.25) is 4.79 Å². The summed E-state index contributed by atoms with van der Waals surface area (Å²) in [5, 5.41) is 11.6. The predicted molar refractivity (Wildman–Crippen MR) is 73.7 cm³/mol. The van der Waals surface area contributed by atoms with Crippen LogP contribution in [-0.2, 0) is 20.7 Å². The predicted octanol–water partition coefficient (Wildman–Crippen LogP) is 1.94. The van der Waals surface area contributed by atoms with Crippen molar-refractivity contribution in [3.8, 4) is 0 Å². The normalized spacial score (nSPS) is 13.8. The zero-order valence-electron chi connectivity index (χ0n) is 10.7. The molecule has 1 amide bonds. The van der Waals surface area contributed by atoms with E-state index in [1.807, 2.05) is 6.07 Å². The summed E-state index contributed by atoms with van der Waals surface area (Å²) < 4.78 is 5.50. The quantitative estimate of drug-likeness (QED) is 0.807. The standard InChI is InChI=1S/C12H16ClNO4S/c1-12(7-18-2,11(16)17)14-10(15)6-4-8-3-5-9(13)19-8/h3,5H,4,6-7H2,1-2H3,(H,14,15)(H,16,17). The number of rotatable bonds is 7. The van der Waals surface area contributed by atoms with Crippen molar-refractivity contribution in [2.45, 2.75) is 25.3 Å². The van der Waals surface area contributed by atoms with Crippen LogP contribution in [0.1, 0.15) is 18.2 Å². The number of halogens is 1. The molecule has 1 aromatic heterocycles. The van der Waals surface area contributed by atoms with Crippen LogP contribution in [0.3, 0.4) is 0 Å². The molecule has 0 spiro atoms. The smallest absolute Gasteiger partial charge is 0.331 e. The van der Waals surface area contributed by atoms with E-state index in [0.717, 1.165) is 4.88 Å². The highest BCUT2D eigenvalue weighted by atomic mass is 35.5. The summed E-state index contributed by atoms with van der Waals surface area (Å²) in [7, 11) is 1.39. The Morgan fingerprint density at radius 2 is 2.21 bits per heavy atom. The topological polar surface area (TPSA) is 75.6 Å². The number of aryl methyl sites for hydroxylation is 1. The average Bonchev–Trinajstić information content (AvgIpc) is 2.72. The fraction of sp³-hybridized carbons (Fsp3) is 0.500. The lowest BCUT2D eigenvalue weighted by Crippen LogP contribution is -2.55. The molecule has 7 heteroatoms. The summed E-state index contributed by atoms with van der Waals surface area (Å²) >= 11 is 7.20. The molecule has 1 heterocycles. The lowest BCUT2D eigenvalue weighted by molar-refractivity contribution is -0.149. The third-order valence-electron chi connectivity index (χ3n) is 2.55. The second kappa shape index (κ2) is 6.88. The van der Waals surface area contributed by atoms with E-state index in [2.05, 4.69) is 5.32 Å². The van der Waals surface area contributed by atoms with E-state index < -0.39 is 11.5 Å². The molecule has 19 heavy (non-hydrogen) atoms. The van der Waals surface area contributed by atoms with Gasteiger partial charge >= 0.3 is 5.97 Å². The SMILES string of the molecule is COCC(C)(NC(=O)CCc1ccc(Cl)s1)C(=O)O. The lowest BCUT2D eigenvalue weighted by Gasteiger charge is -2.25. The molecule has 0 aliphatic heterocycles. The van der Waals surface area contributed by atoms with Crippen LogP contribution in [0.4, 0.5) is 0 Å². The van der Waals surface area contributed by atoms with Gasteiger partial charge in [0.2, 0.25) is 5.91 Å². The van der Waals surface area contributed by atoms with E-state index in [1.54, 1.807) is 6.07 Å². The Morgan fingerprint density at radius 3 is 2.68 bits per heavy atom. The van der Waals surface area contributed by atoms with Gasteiger partial charge in [0.25, 0.3) is 0 Å². The van der Waals surface area contributed by atoms with Crippen molar-refractivity contribution in [1.82, 2.24) is 5.32 Å². The molecule has 1 aromatic rings. The highest BCUT2D eigenvalue weighted by Gasteiger charge is 2.34. The van der Waals surface area contributed by atoms with E-state index in [1.165, 1.54) is 25.4 Å². The molecule has 1 rings (SSSR count). The molecule has 0 radical (unpaired) electrons. The third-order valence-corrected chi connectivity index (χ3v) is 3.84. The number of hydrogen-bond donors (Lipinski definition) is 2. The molecule has 0 fully saturated rings. The Balaban J connectivity index is 2.51. The van der Waals surface area contributed by atoms with Crippen LogP contribution in [0, 0.1) is 0 Å². The van der Waals surface area contributed by atoms with Gasteiger partial charge in [-0.1, -0.05) is 11.6 Å². The van der Waals surface area contributed by atoms with Crippen molar-refractivity contribution >= 4 is 34.8 Å². The Labute approximate surface area is 120 Å². The van der Waals surface area contributed by atoms with Gasteiger partial charge in [-0.25, -0.2) is 4.79 Å². The summed E-state index contributed by atoms with van der Waals surface area (Å²) in [5.41, 5.74) is -1.40. The molecule has 5 nitrogen and oxygen atoms in total. The first kappa shape index (κ1) is 15.9. The summed E-state index contributed by atoms with van der Waals surface area (Å²) in [6.07, 6.45) is 0.745. The fourth-order valence-corrected chi connectivity index (χ4v) is 2.62. The Bertz CT molecular complexity index is 462. The van der Waals surface area contributed by atoms with E-state index >= 15 is 0 Å². The first-order valence-corrected chi connectivity index (χ1v) is 6.84. The number of carbonyl (C=O) groups excluding carboxylic acids is 1. The van der Waals surface area contributed by atoms with Gasteiger partial charge in [-0.15, -0.1) is 11.3 Å². The van der Waals surface area contributed by atoms with Gasteiger partial charge in [-0.05, 0) is 25.5 Å². The van der Waals surface area contributed by atoms with Crippen molar-refractivity contribution in [1.29, 1.82) is 0 Å². The highest BCUT2D eigenvalue weighted by Crippen LogP contribution is 2.22. The molecule has 1 unspecified atom stereocenters. The molecule has 1 atom stereocenters. The van der Waals surface area contributed by atoms with E-state index in [4.69, 9.17) is 21.4 Å². The largest absolute Gasteiger partial charge is 0.479 e. The number of carboxylic acids is 1. The highest BCUT2D eigenvalue weighted by molar-refractivity contribution is 7.16. The van der Waals surface area contributed by atoms with Crippen LogP contribution in [-0.4, -0.2) is 36.2 Å². The molecule has 0 aliphatic rings. The molecule has 0 aromatic carbocycles. The van der Waals surface area contributed by atoms with Crippen LogP contribution in [0.2, 0.25) is 4.34 Å². The zero-order valence-corrected chi connectivity index (χ0v) is 12.3. The lowest BCUT2D eigenvalue weighted by atomic mass is 10.0. The fourth-order valence-electron chi connectivity index (χ4n) is 1.53. The maximum atomic E-state index is 11.8. The second-order valence-corrected chi connectivity index (χ2v) is 6.12. The van der Waals surface area contributed by atoms with Crippen molar-refractivity contribution in [2.24, 2.45) is 0 Å². The Hall–Kier alpha value is -1.11. The first-order valence-electron chi connectivity index (χ1n) is 5.65. The number of aliphatic carboxylic acids is 1. The monoisotopic (exact) mass is 305 g/mol. The third kappa shape index (κ3) is 4.81. The van der Waals surface area contributed by atoms with E-state index in [-0.39, 0.29) is 18.9 Å². The number of ether oxygens (including phenoxy) is 1. The van der Waals surface area contributed by atoms with Crippen molar-refractivity contribution in [2.75, 3.05) is 13.7 Å². The molecule has 0 saturated carbocycles. The van der Waals surface area contributed by atoms with E-state index in [9.17, 15) is 9.59 Å². The second-order valence-electron chi connectivity index (χ2n) is 4.32. The number of amides is 1. The number of nitrogens with one attached hydrogen (secondary N) is 1. The maximum Gasteiger partial charge on any atom is 0.331 e. The van der Waals surface area contributed by atoms with Crippen LogP contribution in [0.25, 0.3) is 0 Å². The van der Waals surface area contributed by atoms with Crippen molar-refractivity contribution < 1.29 is 19.4 Å². The zero-order chi connectivity index (χ0) is 14.5. The first-order chi connectivity index (χ1) is 8.87. The molecule has 0 bridgehead atoms. The van der Waals surface area contributed by atoms with Crippen LogP contribution in [0.15, 0.2) is 12.1 Å². The molecule has 0 aliphatic carbocycles. The van der Waals surface area contributed by atoms with Gasteiger partial charge in [0, 0.05) is 18.4 Å². The van der Waals surface area contributed by atoms with E-state index in [0.29, 0.717) is 10.8 Å². The number of hydrogen-bond acceptors (Lipinski definition) is 4. The number of carbonyl (C=O) groups is 2.